The summed E-state index contributed by atoms with van der Waals surface area (Å²) in [5.74, 6) is -4.88. The molecule has 0 aromatic heterocycles. The molecule has 2 atom stereocenters. The predicted octanol–water partition coefficient (Wildman–Crippen LogP) is -0.436. The molecule has 0 aliphatic rings. The van der Waals surface area contributed by atoms with Crippen LogP contribution in [0.4, 0.5) is 0 Å². The molecular weight excluding hydrogens is 232 g/mol. The summed E-state index contributed by atoms with van der Waals surface area (Å²) in [6, 6.07) is 0. The van der Waals surface area contributed by atoms with Gasteiger partial charge >= 0.3 is 17.9 Å². The van der Waals surface area contributed by atoms with E-state index in [0.717, 1.165) is 0 Å². The smallest absolute Gasteiger partial charge is 0.335 e. The highest BCUT2D eigenvalue weighted by atomic mass is 16.5. The molecular formula is C10H16O7. The van der Waals surface area contributed by atoms with E-state index in [1.54, 1.807) is 6.92 Å². The number of carbonyl (C=O) groups excluding carboxylic acids is 2. The predicted molar refractivity (Wildman–Crippen MR) is 55.0 cm³/mol. The van der Waals surface area contributed by atoms with Gasteiger partial charge in [0, 0.05) is 0 Å². The van der Waals surface area contributed by atoms with E-state index < -0.39 is 36.4 Å². The topological polar surface area (TPSA) is 110 Å². The van der Waals surface area contributed by atoms with Crippen LogP contribution >= 0.6 is 0 Å². The number of aliphatic hydroxyl groups is 1. The van der Waals surface area contributed by atoms with E-state index >= 15 is 0 Å². The van der Waals surface area contributed by atoms with Gasteiger partial charge in [-0.3, -0.25) is 9.59 Å². The van der Waals surface area contributed by atoms with Gasteiger partial charge in [0.15, 0.2) is 6.10 Å². The fourth-order valence-corrected chi connectivity index (χ4v) is 1.13. The zero-order valence-electron chi connectivity index (χ0n) is 9.71. The molecule has 0 fully saturated rings. The first-order chi connectivity index (χ1) is 7.93. The van der Waals surface area contributed by atoms with E-state index in [1.807, 2.05) is 0 Å². The van der Waals surface area contributed by atoms with Crippen molar-refractivity contribution in [1.82, 2.24) is 0 Å². The number of hydrogen-bond donors (Lipinski definition) is 2. The first kappa shape index (κ1) is 15.4. The molecule has 0 aliphatic heterocycles. The van der Waals surface area contributed by atoms with Gasteiger partial charge in [0.05, 0.1) is 19.6 Å². The highest BCUT2D eigenvalue weighted by Crippen LogP contribution is 2.12. The van der Waals surface area contributed by atoms with Gasteiger partial charge in [-0.05, 0) is 13.8 Å². The van der Waals surface area contributed by atoms with Crippen LogP contribution < -0.4 is 0 Å². The van der Waals surface area contributed by atoms with Gasteiger partial charge < -0.3 is 19.7 Å². The second-order valence-electron chi connectivity index (χ2n) is 3.15. The third-order valence-electron chi connectivity index (χ3n) is 1.92. The highest BCUT2D eigenvalue weighted by Gasteiger charge is 2.35. The van der Waals surface area contributed by atoms with Crippen LogP contribution in [0.15, 0.2) is 0 Å². The van der Waals surface area contributed by atoms with Crippen molar-refractivity contribution < 1.29 is 34.1 Å². The first-order valence-corrected chi connectivity index (χ1v) is 5.17. The zero-order chi connectivity index (χ0) is 13.4. The van der Waals surface area contributed by atoms with Crippen LogP contribution in [0.1, 0.15) is 20.3 Å². The van der Waals surface area contributed by atoms with Crippen LogP contribution in [0.2, 0.25) is 0 Å². The molecule has 0 rings (SSSR count). The number of carbonyl (C=O) groups is 3. The maximum Gasteiger partial charge on any atom is 0.335 e. The summed E-state index contributed by atoms with van der Waals surface area (Å²) < 4.78 is 9.02. The molecule has 0 saturated carbocycles. The van der Waals surface area contributed by atoms with Crippen LogP contribution in [-0.2, 0) is 23.9 Å². The third kappa shape index (κ3) is 5.30. The lowest BCUT2D eigenvalue weighted by Gasteiger charge is -2.16. The lowest BCUT2D eigenvalue weighted by Crippen LogP contribution is -2.37. The van der Waals surface area contributed by atoms with Crippen molar-refractivity contribution in [1.29, 1.82) is 0 Å². The summed E-state index contributed by atoms with van der Waals surface area (Å²) in [6.07, 6.45) is -2.46. The summed E-state index contributed by atoms with van der Waals surface area (Å²) in [5.41, 5.74) is 0. The molecule has 0 radical (unpaired) electrons. The van der Waals surface area contributed by atoms with Gasteiger partial charge in [0.25, 0.3) is 0 Å². The highest BCUT2D eigenvalue weighted by molar-refractivity contribution is 5.86. The van der Waals surface area contributed by atoms with Gasteiger partial charge in [0.2, 0.25) is 0 Å². The molecule has 0 bridgehead atoms. The van der Waals surface area contributed by atoms with Crippen molar-refractivity contribution in [2.75, 3.05) is 13.2 Å². The Kier molecular flexibility index (Phi) is 6.88. The van der Waals surface area contributed by atoms with Gasteiger partial charge in [0.1, 0.15) is 5.92 Å². The van der Waals surface area contributed by atoms with Crippen LogP contribution in [0.5, 0.6) is 0 Å². The normalized spacial score (nSPS) is 13.6. The third-order valence-corrected chi connectivity index (χ3v) is 1.92. The average molecular weight is 248 g/mol. The average Bonchev–Trinajstić information content (AvgIpc) is 2.25. The summed E-state index contributed by atoms with van der Waals surface area (Å²) in [6.45, 7) is 3.20. The monoisotopic (exact) mass is 248 g/mol. The fourth-order valence-electron chi connectivity index (χ4n) is 1.13. The number of aliphatic hydroxyl groups excluding tert-OH is 1. The maximum absolute atomic E-state index is 11.1. The maximum atomic E-state index is 11.1. The molecule has 7 heteroatoms. The summed E-state index contributed by atoms with van der Waals surface area (Å²) in [5, 5.41) is 18.2. The lowest BCUT2D eigenvalue weighted by molar-refractivity contribution is -0.166. The van der Waals surface area contributed by atoms with Crippen molar-refractivity contribution in [3.8, 4) is 0 Å². The molecule has 7 nitrogen and oxygen atoms in total. The minimum atomic E-state index is -1.88. The van der Waals surface area contributed by atoms with Crippen molar-refractivity contribution in [3.05, 3.63) is 0 Å². The molecule has 0 spiro atoms. The number of aliphatic carboxylic acids is 1. The molecule has 2 unspecified atom stereocenters. The van der Waals surface area contributed by atoms with E-state index in [2.05, 4.69) is 9.47 Å². The van der Waals surface area contributed by atoms with Gasteiger partial charge in [-0.25, -0.2) is 4.79 Å². The zero-order valence-corrected chi connectivity index (χ0v) is 9.71. The second-order valence-corrected chi connectivity index (χ2v) is 3.15. The molecule has 0 saturated heterocycles. The number of esters is 2. The standard InChI is InChI=1S/C10H16O7/c1-3-16-7(11)5-6(9(13)14)8(12)10(15)17-4-2/h6,8,12H,3-5H2,1-2H3,(H,13,14). The van der Waals surface area contributed by atoms with E-state index in [1.165, 1.54) is 6.92 Å². The number of carboxylic acid groups (broad SMARTS) is 1. The Morgan fingerprint density at radius 2 is 1.65 bits per heavy atom. The molecule has 0 amide bonds. The molecule has 17 heavy (non-hydrogen) atoms. The van der Waals surface area contributed by atoms with Crippen molar-refractivity contribution in [2.24, 2.45) is 5.92 Å². The van der Waals surface area contributed by atoms with E-state index in [9.17, 15) is 19.5 Å². The Labute approximate surface area is 98.3 Å². The Morgan fingerprint density at radius 3 is 2.06 bits per heavy atom. The Bertz CT molecular complexity index is 286. The molecule has 0 aromatic carbocycles. The second kappa shape index (κ2) is 7.61. The van der Waals surface area contributed by atoms with E-state index in [-0.39, 0.29) is 13.2 Å². The van der Waals surface area contributed by atoms with E-state index in [4.69, 9.17) is 5.11 Å². The van der Waals surface area contributed by atoms with Gasteiger partial charge in [-0.15, -0.1) is 0 Å². The molecule has 0 aliphatic carbocycles. The Hall–Kier alpha value is -1.63. The Balaban J connectivity index is 4.57. The fraction of sp³-hybridized carbons (Fsp3) is 0.700. The first-order valence-electron chi connectivity index (χ1n) is 5.17. The minimum absolute atomic E-state index is 0.0155. The number of rotatable bonds is 7. The minimum Gasteiger partial charge on any atom is -0.481 e. The molecule has 98 valence electrons. The van der Waals surface area contributed by atoms with Crippen LogP contribution in [0.3, 0.4) is 0 Å². The number of hydrogen-bond acceptors (Lipinski definition) is 6. The van der Waals surface area contributed by atoms with Gasteiger partial charge in [-0.2, -0.15) is 0 Å². The van der Waals surface area contributed by atoms with E-state index in [0.29, 0.717) is 0 Å². The van der Waals surface area contributed by atoms with Crippen LogP contribution in [0, 0.1) is 5.92 Å². The van der Waals surface area contributed by atoms with Crippen molar-refractivity contribution >= 4 is 17.9 Å². The van der Waals surface area contributed by atoms with Gasteiger partial charge in [-0.1, -0.05) is 0 Å². The van der Waals surface area contributed by atoms with Crippen molar-refractivity contribution in [2.45, 2.75) is 26.4 Å². The Morgan fingerprint density at radius 1 is 1.12 bits per heavy atom. The van der Waals surface area contributed by atoms with Crippen molar-refractivity contribution in [3.63, 3.8) is 0 Å². The van der Waals surface area contributed by atoms with Crippen LogP contribution in [-0.4, -0.2) is 47.4 Å². The lowest BCUT2D eigenvalue weighted by atomic mass is 9.99. The number of carboxylic acids is 1. The molecule has 0 heterocycles. The largest absolute Gasteiger partial charge is 0.481 e. The molecule has 0 aromatic rings. The number of ether oxygens (including phenoxy) is 2. The summed E-state index contributed by atoms with van der Waals surface area (Å²) in [7, 11) is 0. The molecule has 2 N–H and O–H groups in total. The summed E-state index contributed by atoms with van der Waals surface area (Å²) >= 11 is 0. The quantitative estimate of drug-likeness (QED) is 0.588. The van der Waals surface area contributed by atoms with Crippen LogP contribution in [0.25, 0.3) is 0 Å². The SMILES string of the molecule is CCOC(=O)CC(C(=O)O)C(O)C(=O)OCC. The summed E-state index contributed by atoms with van der Waals surface area (Å²) in [4.78, 5) is 33.0.